The summed E-state index contributed by atoms with van der Waals surface area (Å²) in [6, 6.07) is 15.0. The predicted molar refractivity (Wildman–Crippen MR) is 122 cm³/mol. The van der Waals surface area contributed by atoms with Gasteiger partial charge in [-0.15, -0.1) is 0 Å². The smallest absolute Gasteiger partial charge is 0.356 e. The average molecular weight is 469 g/mol. The van der Waals surface area contributed by atoms with Gasteiger partial charge < -0.3 is 15.3 Å². The molecule has 1 unspecified atom stereocenters. The van der Waals surface area contributed by atoms with Crippen LogP contribution < -0.4 is 10.2 Å². The maximum Gasteiger partial charge on any atom is 0.356 e. The third-order valence-corrected chi connectivity index (χ3v) is 7.38. The van der Waals surface area contributed by atoms with E-state index in [9.17, 15) is 23.1 Å². The van der Waals surface area contributed by atoms with E-state index in [2.05, 4.69) is 10.4 Å². The van der Waals surface area contributed by atoms with Crippen molar-refractivity contribution in [2.45, 2.75) is 23.9 Å². The first kappa shape index (κ1) is 22.7. The number of nitrogens with one attached hydrogen (secondary N) is 1. The van der Waals surface area contributed by atoms with Crippen LogP contribution in [-0.4, -0.2) is 60.6 Å². The predicted octanol–water partition coefficient (Wildman–Crippen LogP) is 1.58. The monoisotopic (exact) mass is 468 g/mol. The number of hydrogen-bond donors (Lipinski definition) is 2. The molecular formula is C23H24N4O5S. The molecule has 0 bridgehead atoms. The van der Waals surface area contributed by atoms with Crippen molar-refractivity contribution >= 4 is 27.4 Å². The van der Waals surface area contributed by atoms with Gasteiger partial charge in [0.1, 0.15) is 6.04 Å². The first-order valence-electron chi connectivity index (χ1n) is 10.4. The fourth-order valence-electron chi connectivity index (χ4n) is 3.93. The first-order valence-corrected chi connectivity index (χ1v) is 12.1. The highest BCUT2D eigenvalue weighted by molar-refractivity contribution is 7.91. The number of para-hydroxylation sites is 1. The average Bonchev–Trinajstić information content (AvgIpc) is 3.18. The molecule has 33 heavy (non-hydrogen) atoms. The molecule has 0 spiro atoms. The number of amides is 1. The topological polar surface area (TPSA) is 122 Å². The lowest BCUT2D eigenvalue weighted by atomic mass is 10.1. The van der Waals surface area contributed by atoms with E-state index in [1.807, 2.05) is 30.3 Å². The highest BCUT2D eigenvalue weighted by Crippen LogP contribution is 2.29. The number of carbonyl (C=O) groups excluding carboxylic acids is 1. The maximum atomic E-state index is 12.9. The Morgan fingerprint density at radius 1 is 1.15 bits per heavy atom. The molecule has 4 rings (SSSR count). The fourth-order valence-corrected chi connectivity index (χ4v) is 5.62. The lowest BCUT2D eigenvalue weighted by molar-refractivity contribution is -0.119. The third-order valence-electron chi connectivity index (χ3n) is 5.59. The second-order valence-corrected chi connectivity index (χ2v) is 9.90. The van der Waals surface area contributed by atoms with E-state index in [1.54, 1.807) is 36.1 Å². The van der Waals surface area contributed by atoms with Crippen molar-refractivity contribution in [2.24, 2.45) is 0 Å². The van der Waals surface area contributed by atoms with Crippen molar-refractivity contribution in [3.63, 3.8) is 0 Å². The summed E-state index contributed by atoms with van der Waals surface area (Å²) in [7, 11) is -2.13. The van der Waals surface area contributed by atoms with Crippen LogP contribution in [-0.2, 0) is 27.6 Å². The van der Waals surface area contributed by atoms with E-state index >= 15 is 0 Å². The van der Waals surface area contributed by atoms with Gasteiger partial charge in [0.2, 0.25) is 5.91 Å². The Kier molecular flexibility index (Phi) is 6.30. The van der Waals surface area contributed by atoms with Crippen LogP contribution in [0.1, 0.15) is 21.6 Å². The van der Waals surface area contributed by atoms with Gasteiger partial charge in [0.15, 0.2) is 15.5 Å². The molecule has 2 N–H and O–H groups in total. The number of rotatable bonds is 7. The zero-order valence-electron chi connectivity index (χ0n) is 18.0. The fraction of sp³-hybridized carbons (Fsp3) is 0.261. The van der Waals surface area contributed by atoms with Gasteiger partial charge >= 0.3 is 5.97 Å². The number of carbonyl (C=O) groups is 2. The minimum Gasteiger partial charge on any atom is -0.476 e. The Morgan fingerprint density at radius 3 is 2.58 bits per heavy atom. The van der Waals surface area contributed by atoms with E-state index in [-0.39, 0.29) is 35.2 Å². The quantitative estimate of drug-likeness (QED) is 0.540. The molecule has 1 aliphatic rings. The molecule has 0 aliphatic carbocycles. The number of carboxylic acid groups (broad SMARTS) is 1. The van der Waals surface area contributed by atoms with Crippen molar-refractivity contribution < 1.29 is 23.1 Å². The van der Waals surface area contributed by atoms with E-state index in [0.29, 0.717) is 17.8 Å². The van der Waals surface area contributed by atoms with Crippen molar-refractivity contribution in [1.82, 2.24) is 15.1 Å². The molecule has 1 aliphatic heterocycles. The molecule has 9 nitrogen and oxygen atoms in total. The van der Waals surface area contributed by atoms with Crippen molar-refractivity contribution in [3.05, 3.63) is 77.6 Å². The van der Waals surface area contributed by atoms with Crippen LogP contribution in [0.4, 0.5) is 5.69 Å². The molecule has 2 aromatic carbocycles. The number of aromatic carboxylic acids is 1. The molecule has 1 amide bonds. The summed E-state index contributed by atoms with van der Waals surface area (Å²) in [6.45, 7) is 0.643. The van der Waals surface area contributed by atoms with Crippen molar-refractivity contribution in [1.29, 1.82) is 0 Å². The van der Waals surface area contributed by atoms with Crippen LogP contribution in [0.15, 0.2) is 65.7 Å². The molecule has 1 aromatic heterocycles. The number of sulfone groups is 1. The van der Waals surface area contributed by atoms with Crippen LogP contribution in [0.25, 0.3) is 0 Å². The SMILES string of the molecule is CN1C(=O)C(NCCc2cn(Cc3ccccc3)nc2C(=O)O)CS(=O)(=O)c2ccccc21. The minimum atomic E-state index is -3.68. The lowest BCUT2D eigenvalue weighted by Crippen LogP contribution is -2.47. The van der Waals surface area contributed by atoms with Gasteiger partial charge in [-0.3, -0.25) is 9.48 Å². The summed E-state index contributed by atoms with van der Waals surface area (Å²) in [6.07, 6.45) is 1.95. The van der Waals surface area contributed by atoms with Crippen molar-refractivity contribution in [2.75, 3.05) is 24.2 Å². The number of nitrogens with zero attached hydrogens (tertiary/aromatic N) is 3. The molecule has 10 heteroatoms. The third kappa shape index (κ3) is 4.81. The second-order valence-electron chi connectivity index (χ2n) is 7.89. The van der Waals surface area contributed by atoms with Gasteiger partial charge in [0, 0.05) is 25.4 Å². The van der Waals surface area contributed by atoms with Gasteiger partial charge in [-0.2, -0.15) is 5.10 Å². The summed E-state index contributed by atoms with van der Waals surface area (Å²) in [5.41, 5.74) is 1.78. The number of hydrogen-bond acceptors (Lipinski definition) is 6. The maximum absolute atomic E-state index is 12.9. The molecule has 0 saturated heterocycles. The highest BCUT2D eigenvalue weighted by Gasteiger charge is 2.35. The van der Waals surface area contributed by atoms with Crippen molar-refractivity contribution in [3.8, 4) is 0 Å². The van der Waals surface area contributed by atoms with Gasteiger partial charge in [0.25, 0.3) is 0 Å². The molecule has 0 radical (unpaired) electrons. The summed E-state index contributed by atoms with van der Waals surface area (Å²) in [5.74, 6) is -1.87. The highest BCUT2D eigenvalue weighted by atomic mass is 32.2. The number of carboxylic acids is 1. The van der Waals surface area contributed by atoms with E-state index < -0.39 is 21.8 Å². The Hall–Kier alpha value is -3.50. The van der Waals surface area contributed by atoms with Crippen LogP contribution in [0, 0.1) is 0 Å². The zero-order chi connectivity index (χ0) is 23.6. The van der Waals surface area contributed by atoms with Gasteiger partial charge in [0.05, 0.1) is 22.9 Å². The molecule has 0 saturated carbocycles. The first-order chi connectivity index (χ1) is 15.8. The summed E-state index contributed by atoms with van der Waals surface area (Å²) in [5, 5.41) is 16.7. The molecule has 0 fully saturated rings. The molecule has 172 valence electrons. The van der Waals surface area contributed by atoms with Crippen LogP contribution in [0.3, 0.4) is 0 Å². The Balaban J connectivity index is 1.48. The van der Waals surface area contributed by atoms with E-state index in [1.165, 1.54) is 11.0 Å². The largest absolute Gasteiger partial charge is 0.476 e. The molecule has 1 atom stereocenters. The Labute approximate surface area is 191 Å². The Morgan fingerprint density at radius 2 is 1.85 bits per heavy atom. The molecule has 2 heterocycles. The normalized spacial score (nSPS) is 17.4. The molecular weight excluding hydrogens is 444 g/mol. The second kappa shape index (κ2) is 9.16. The number of likely N-dealkylation sites (N-methyl/N-ethyl adjacent to an activating group) is 1. The van der Waals surface area contributed by atoms with Gasteiger partial charge in [-0.25, -0.2) is 13.2 Å². The number of fused-ring (bicyclic) bond motifs is 1. The van der Waals surface area contributed by atoms with Crippen LogP contribution in [0.2, 0.25) is 0 Å². The summed E-state index contributed by atoms with van der Waals surface area (Å²) >= 11 is 0. The number of anilines is 1. The number of benzene rings is 2. The minimum absolute atomic E-state index is 0.0583. The summed E-state index contributed by atoms with van der Waals surface area (Å²) in [4.78, 5) is 26.0. The van der Waals surface area contributed by atoms with Gasteiger partial charge in [-0.05, 0) is 24.1 Å². The standard InChI is InChI=1S/C23H24N4O5S/c1-26-19-9-5-6-10-20(19)33(31,32)15-18(22(26)28)24-12-11-17-14-27(25-21(17)23(29)30)13-16-7-3-2-4-8-16/h2-10,14,18,24H,11-13,15H2,1H3,(H,29,30). The summed E-state index contributed by atoms with van der Waals surface area (Å²) < 4.78 is 27.2. The van der Waals surface area contributed by atoms with Crippen LogP contribution >= 0.6 is 0 Å². The van der Waals surface area contributed by atoms with E-state index in [0.717, 1.165) is 5.56 Å². The number of aromatic nitrogens is 2. The van der Waals surface area contributed by atoms with Gasteiger partial charge in [-0.1, -0.05) is 42.5 Å². The zero-order valence-corrected chi connectivity index (χ0v) is 18.8. The lowest BCUT2D eigenvalue weighted by Gasteiger charge is -2.21. The molecule has 3 aromatic rings. The van der Waals surface area contributed by atoms with Crippen LogP contribution in [0.5, 0.6) is 0 Å². The Bertz CT molecular complexity index is 1290. The van der Waals surface area contributed by atoms with E-state index in [4.69, 9.17) is 0 Å².